The zero-order valence-electron chi connectivity index (χ0n) is 8.28. The molecule has 1 N–H and O–H groups in total. The molecular weight excluding hydrogens is 225 g/mol. The lowest BCUT2D eigenvalue weighted by atomic mass is 10.1. The Morgan fingerprint density at radius 3 is 2.12 bits per heavy atom. The fourth-order valence-corrected chi connectivity index (χ4v) is 1.23. The Morgan fingerprint density at radius 1 is 1.31 bits per heavy atom. The molecule has 0 radical (unpaired) electrons. The lowest BCUT2D eigenvalue weighted by molar-refractivity contribution is -0.148. The number of benzene rings is 1. The highest BCUT2D eigenvalue weighted by Gasteiger charge is 2.30. The number of carboxylic acid groups (broad SMARTS) is 1. The molecule has 0 amide bonds. The summed E-state index contributed by atoms with van der Waals surface area (Å²) in [6, 6.07) is 3.82. The van der Waals surface area contributed by atoms with Crippen molar-refractivity contribution in [3.63, 3.8) is 0 Å². The van der Waals surface area contributed by atoms with Crippen molar-refractivity contribution in [2.75, 3.05) is 7.11 Å². The molecule has 0 bridgehead atoms. The second-order valence-electron chi connectivity index (χ2n) is 3.07. The minimum atomic E-state index is -4.43. The molecule has 6 heteroatoms. The van der Waals surface area contributed by atoms with E-state index in [-0.39, 0.29) is 5.56 Å². The smallest absolute Gasteiger partial charge is 0.416 e. The van der Waals surface area contributed by atoms with Crippen LogP contribution in [0.15, 0.2) is 24.3 Å². The predicted octanol–water partition coefficient (Wildman–Crippen LogP) is 2.48. The number of hydrogen-bond acceptors (Lipinski definition) is 2. The third-order valence-electron chi connectivity index (χ3n) is 2.00. The van der Waals surface area contributed by atoms with E-state index in [1.165, 1.54) is 7.11 Å². The summed E-state index contributed by atoms with van der Waals surface area (Å²) in [5.74, 6) is -1.25. The summed E-state index contributed by atoms with van der Waals surface area (Å²) in [6.45, 7) is 0. The second kappa shape index (κ2) is 4.52. The molecule has 88 valence electrons. The first-order valence-electron chi connectivity index (χ1n) is 4.29. The Morgan fingerprint density at radius 2 is 1.81 bits per heavy atom. The van der Waals surface area contributed by atoms with Gasteiger partial charge in [0.15, 0.2) is 6.10 Å². The average molecular weight is 234 g/mol. The highest BCUT2D eigenvalue weighted by Crippen LogP contribution is 2.30. The first-order chi connectivity index (χ1) is 7.36. The van der Waals surface area contributed by atoms with Crippen LogP contribution in [0, 0.1) is 0 Å². The van der Waals surface area contributed by atoms with E-state index in [0.717, 1.165) is 24.3 Å². The number of aliphatic carboxylic acids is 1. The molecule has 1 aromatic rings. The van der Waals surface area contributed by atoms with Crippen molar-refractivity contribution in [2.45, 2.75) is 12.3 Å². The van der Waals surface area contributed by atoms with Crippen LogP contribution in [0.3, 0.4) is 0 Å². The molecule has 0 saturated heterocycles. The summed E-state index contributed by atoms with van der Waals surface area (Å²) in [5, 5.41) is 8.71. The fraction of sp³-hybridized carbons (Fsp3) is 0.300. The van der Waals surface area contributed by atoms with Gasteiger partial charge in [0.2, 0.25) is 0 Å². The van der Waals surface area contributed by atoms with Gasteiger partial charge in [-0.2, -0.15) is 13.2 Å². The van der Waals surface area contributed by atoms with Crippen LogP contribution in [0.1, 0.15) is 17.2 Å². The van der Waals surface area contributed by atoms with Crippen molar-refractivity contribution >= 4 is 5.97 Å². The molecule has 0 unspecified atom stereocenters. The summed E-state index contributed by atoms with van der Waals surface area (Å²) in [4.78, 5) is 10.7. The summed E-state index contributed by atoms with van der Waals surface area (Å²) in [7, 11) is 1.18. The van der Waals surface area contributed by atoms with E-state index >= 15 is 0 Å². The molecule has 0 aliphatic carbocycles. The Balaban J connectivity index is 2.98. The third-order valence-corrected chi connectivity index (χ3v) is 2.00. The lowest BCUT2D eigenvalue weighted by Gasteiger charge is -2.12. The van der Waals surface area contributed by atoms with Crippen LogP contribution in [0.4, 0.5) is 13.2 Å². The van der Waals surface area contributed by atoms with Gasteiger partial charge in [-0.05, 0) is 17.7 Å². The van der Waals surface area contributed by atoms with Crippen molar-refractivity contribution in [3.8, 4) is 0 Å². The van der Waals surface area contributed by atoms with Crippen molar-refractivity contribution in [3.05, 3.63) is 35.4 Å². The van der Waals surface area contributed by atoms with Gasteiger partial charge in [-0.1, -0.05) is 12.1 Å². The van der Waals surface area contributed by atoms with Crippen LogP contribution < -0.4 is 0 Å². The number of rotatable bonds is 3. The van der Waals surface area contributed by atoms with E-state index in [1.807, 2.05) is 0 Å². The summed E-state index contributed by atoms with van der Waals surface area (Å²) >= 11 is 0. The number of halogens is 3. The molecule has 1 aromatic carbocycles. The van der Waals surface area contributed by atoms with Gasteiger partial charge in [-0.3, -0.25) is 0 Å². The molecule has 16 heavy (non-hydrogen) atoms. The summed E-state index contributed by atoms with van der Waals surface area (Å²) < 4.78 is 41.3. The standard InChI is InChI=1S/C10H9F3O3/c1-16-8(9(14)15)6-2-4-7(5-3-6)10(11,12)13/h2-5,8H,1H3,(H,14,15)/t8-/m1/s1. The van der Waals surface area contributed by atoms with Crippen LogP contribution in [-0.2, 0) is 15.7 Å². The van der Waals surface area contributed by atoms with Gasteiger partial charge >= 0.3 is 12.1 Å². The summed E-state index contributed by atoms with van der Waals surface area (Å²) in [6.07, 6.45) is -5.67. The van der Waals surface area contributed by atoms with E-state index in [1.54, 1.807) is 0 Å². The topological polar surface area (TPSA) is 46.5 Å². The molecule has 0 aliphatic rings. The molecule has 1 rings (SSSR count). The molecule has 0 saturated carbocycles. The van der Waals surface area contributed by atoms with Crippen LogP contribution in [-0.4, -0.2) is 18.2 Å². The van der Waals surface area contributed by atoms with Crippen LogP contribution in [0.5, 0.6) is 0 Å². The molecule has 0 aliphatic heterocycles. The maximum Gasteiger partial charge on any atom is 0.416 e. The van der Waals surface area contributed by atoms with Gasteiger partial charge in [0.1, 0.15) is 0 Å². The second-order valence-corrected chi connectivity index (χ2v) is 3.07. The quantitative estimate of drug-likeness (QED) is 0.873. The van der Waals surface area contributed by atoms with Gasteiger partial charge in [0.05, 0.1) is 5.56 Å². The number of carbonyl (C=O) groups is 1. The van der Waals surface area contributed by atoms with Crippen molar-refractivity contribution in [1.29, 1.82) is 0 Å². The number of carboxylic acids is 1. The van der Waals surface area contributed by atoms with Gasteiger partial charge in [0.25, 0.3) is 0 Å². The Hall–Kier alpha value is -1.56. The van der Waals surface area contributed by atoms with Crippen LogP contribution in [0.25, 0.3) is 0 Å². The predicted molar refractivity (Wildman–Crippen MR) is 48.8 cm³/mol. The number of ether oxygens (including phenoxy) is 1. The fourth-order valence-electron chi connectivity index (χ4n) is 1.23. The molecular formula is C10H9F3O3. The maximum atomic E-state index is 12.2. The minimum Gasteiger partial charge on any atom is -0.479 e. The maximum absolute atomic E-state index is 12.2. The van der Waals surface area contributed by atoms with E-state index in [0.29, 0.717) is 0 Å². The molecule has 0 fully saturated rings. The van der Waals surface area contributed by atoms with E-state index in [9.17, 15) is 18.0 Å². The Kier molecular flexibility index (Phi) is 3.54. The van der Waals surface area contributed by atoms with Crippen molar-refractivity contribution in [1.82, 2.24) is 0 Å². The van der Waals surface area contributed by atoms with Crippen LogP contribution >= 0.6 is 0 Å². The first kappa shape index (κ1) is 12.5. The van der Waals surface area contributed by atoms with Gasteiger partial charge in [0, 0.05) is 7.11 Å². The number of methoxy groups -OCH3 is 1. The molecule has 0 spiro atoms. The minimum absolute atomic E-state index is 0.169. The molecule has 3 nitrogen and oxygen atoms in total. The van der Waals surface area contributed by atoms with Crippen molar-refractivity contribution in [2.24, 2.45) is 0 Å². The normalized spacial score (nSPS) is 13.5. The molecule has 0 aromatic heterocycles. The molecule has 0 heterocycles. The van der Waals surface area contributed by atoms with E-state index in [4.69, 9.17) is 5.11 Å². The highest BCUT2D eigenvalue weighted by atomic mass is 19.4. The van der Waals surface area contributed by atoms with E-state index in [2.05, 4.69) is 4.74 Å². The van der Waals surface area contributed by atoms with E-state index < -0.39 is 23.8 Å². The van der Waals surface area contributed by atoms with Gasteiger partial charge in [-0.25, -0.2) is 4.79 Å². The number of hydrogen-bond donors (Lipinski definition) is 1. The SMILES string of the molecule is CO[C@@H](C(=O)O)c1ccc(C(F)(F)F)cc1. The van der Waals surface area contributed by atoms with Crippen LogP contribution in [0.2, 0.25) is 0 Å². The van der Waals surface area contributed by atoms with Gasteiger partial charge in [-0.15, -0.1) is 0 Å². The average Bonchev–Trinajstić information content (AvgIpc) is 2.17. The lowest BCUT2D eigenvalue weighted by Crippen LogP contribution is -2.14. The van der Waals surface area contributed by atoms with Gasteiger partial charge < -0.3 is 9.84 Å². The Labute approximate surface area is 89.5 Å². The largest absolute Gasteiger partial charge is 0.479 e. The zero-order chi connectivity index (χ0) is 12.3. The highest BCUT2D eigenvalue weighted by molar-refractivity contribution is 5.74. The first-order valence-corrected chi connectivity index (χ1v) is 4.29. The monoisotopic (exact) mass is 234 g/mol. The zero-order valence-corrected chi connectivity index (χ0v) is 8.28. The summed E-state index contributed by atoms with van der Waals surface area (Å²) in [5.41, 5.74) is -0.653. The van der Waals surface area contributed by atoms with Crippen molar-refractivity contribution < 1.29 is 27.8 Å². The molecule has 1 atom stereocenters. The third kappa shape index (κ3) is 2.73. The Bertz CT molecular complexity index is 370. The number of alkyl halides is 3.